The molecule has 8 nitrogen and oxygen atoms in total. The van der Waals surface area contributed by atoms with Crippen molar-refractivity contribution in [3.8, 4) is 11.1 Å². The summed E-state index contributed by atoms with van der Waals surface area (Å²) in [6, 6.07) is 41.9. The highest BCUT2D eigenvalue weighted by molar-refractivity contribution is 7.99. The molecule has 0 fully saturated rings. The highest BCUT2D eigenvalue weighted by Crippen LogP contribution is 2.36. The number of alkyl carbamates (subject to hydrolysis) is 1. The third-order valence-corrected chi connectivity index (χ3v) is 9.18. The van der Waals surface area contributed by atoms with Gasteiger partial charge in [0.25, 0.3) is 0 Å². The van der Waals surface area contributed by atoms with E-state index >= 15 is 0 Å². The van der Waals surface area contributed by atoms with Crippen molar-refractivity contribution in [3.63, 3.8) is 0 Å². The van der Waals surface area contributed by atoms with E-state index in [1.54, 1.807) is 18.0 Å². The highest BCUT2D eigenvalue weighted by atomic mass is 32.2. The molecule has 1 aromatic heterocycles. The minimum Gasteiger partial charge on any atom is -0.448 e. The Kier molecular flexibility index (Phi) is 13.0. The van der Waals surface area contributed by atoms with E-state index in [1.165, 1.54) is 6.92 Å². The maximum Gasteiger partial charge on any atom is 0.407 e. The van der Waals surface area contributed by atoms with Crippen molar-refractivity contribution in [1.82, 2.24) is 15.6 Å². The molecule has 4 aromatic carbocycles. The Labute approximate surface area is 291 Å². The number of hydrogen-bond donors (Lipinski definition) is 3. The lowest BCUT2D eigenvalue weighted by molar-refractivity contribution is -0.123. The van der Waals surface area contributed by atoms with Gasteiger partial charge in [0, 0.05) is 18.4 Å². The van der Waals surface area contributed by atoms with E-state index in [2.05, 4.69) is 45.2 Å². The lowest BCUT2D eigenvalue weighted by Gasteiger charge is -2.25. The Morgan fingerprint density at radius 3 is 1.88 bits per heavy atom. The Hall–Kier alpha value is -5.41. The summed E-state index contributed by atoms with van der Waals surface area (Å²) in [5.41, 5.74) is 5.05. The first-order valence-electron chi connectivity index (χ1n) is 16.2. The summed E-state index contributed by atoms with van der Waals surface area (Å²) < 4.78 is 5.45. The van der Waals surface area contributed by atoms with Crippen LogP contribution < -0.4 is 16.0 Å². The minimum atomic E-state index is -0.950. The Bertz CT molecular complexity index is 1720. The van der Waals surface area contributed by atoms with Crippen LogP contribution in [-0.2, 0) is 14.3 Å². The number of ether oxygens (including phenoxy) is 1. The van der Waals surface area contributed by atoms with Crippen LogP contribution in [-0.4, -0.2) is 47.7 Å². The fraction of sp³-hybridized carbons (Fsp3) is 0.200. The first kappa shape index (κ1) is 34.9. The maximum absolute atomic E-state index is 14.0. The number of thioether (sulfide) groups is 1. The summed E-state index contributed by atoms with van der Waals surface area (Å²) in [7, 11) is 0. The van der Waals surface area contributed by atoms with Crippen molar-refractivity contribution in [2.24, 2.45) is 0 Å². The van der Waals surface area contributed by atoms with Crippen LogP contribution >= 0.6 is 11.8 Å². The van der Waals surface area contributed by atoms with Gasteiger partial charge in [-0.1, -0.05) is 121 Å². The molecule has 2 atom stereocenters. The molecule has 3 N–H and O–H groups in total. The summed E-state index contributed by atoms with van der Waals surface area (Å²) in [5.74, 6) is 0.446. The van der Waals surface area contributed by atoms with E-state index in [1.807, 2.05) is 109 Å². The number of rotatable bonds is 16. The molecule has 1 heterocycles. The standard InChI is InChI=1S/C40H40N4O4S/c1-29(45)27-35(32-22-20-31(21-23-32)30-13-5-2-6-14-30)43-39(46)36(44-40(47)48-26-25-42-37-19-11-12-24-41-37)28-49-38(33-15-7-3-8-16-33)34-17-9-4-10-18-34/h2-24,35-36,38H,25-28H2,1H3,(H,41,42)(H,43,46)(H,44,47). The Morgan fingerprint density at radius 2 is 1.29 bits per heavy atom. The zero-order chi connectivity index (χ0) is 34.3. The van der Waals surface area contributed by atoms with Crippen LogP contribution in [0.15, 0.2) is 140 Å². The molecule has 0 aliphatic rings. The quantitative estimate of drug-likeness (QED) is 0.0926. The van der Waals surface area contributed by atoms with Gasteiger partial charge in [-0.25, -0.2) is 9.78 Å². The first-order valence-corrected chi connectivity index (χ1v) is 17.3. The monoisotopic (exact) mass is 672 g/mol. The van der Waals surface area contributed by atoms with Crippen molar-refractivity contribution in [2.45, 2.75) is 30.7 Å². The molecule has 0 aliphatic heterocycles. The second-order valence-corrected chi connectivity index (χ2v) is 12.6. The summed E-state index contributed by atoms with van der Waals surface area (Å²) in [6.07, 6.45) is 1.07. The topological polar surface area (TPSA) is 109 Å². The number of carbonyl (C=O) groups excluding carboxylic acids is 3. The first-order chi connectivity index (χ1) is 24.0. The lowest BCUT2D eigenvalue weighted by atomic mass is 9.98. The number of amides is 2. The fourth-order valence-corrected chi connectivity index (χ4v) is 6.66. The van der Waals surface area contributed by atoms with Gasteiger partial charge in [0.1, 0.15) is 24.2 Å². The van der Waals surface area contributed by atoms with Crippen molar-refractivity contribution in [3.05, 3.63) is 156 Å². The van der Waals surface area contributed by atoms with Crippen LogP contribution in [0.1, 0.15) is 41.3 Å². The zero-order valence-corrected chi connectivity index (χ0v) is 28.1. The third-order valence-electron chi connectivity index (χ3n) is 7.78. The molecule has 0 bridgehead atoms. The van der Waals surface area contributed by atoms with Crippen molar-refractivity contribution >= 4 is 35.4 Å². The Morgan fingerprint density at radius 1 is 0.694 bits per heavy atom. The van der Waals surface area contributed by atoms with Crippen molar-refractivity contribution in [2.75, 3.05) is 24.2 Å². The number of nitrogens with one attached hydrogen (secondary N) is 3. The maximum atomic E-state index is 14.0. The predicted octanol–water partition coefficient (Wildman–Crippen LogP) is 7.61. The van der Waals surface area contributed by atoms with Gasteiger partial charge in [-0.15, -0.1) is 11.8 Å². The summed E-state index contributed by atoms with van der Waals surface area (Å²) >= 11 is 1.55. The second kappa shape index (κ2) is 18.2. The van der Waals surface area contributed by atoms with Gasteiger partial charge in [-0.2, -0.15) is 0 Å². The normalized spacial score (nSPS) is 12.0. The largest absolute Gasteiger partial charge is 0.448 e. The number of anilines is 1. The van der Waals surface area contributed by atoms with Gasteiger partial charge in [0.2, 0.25) is 5.91 Å². The number of pyridine rings is 1. The molecule has 0 radical (unpaired) electrons. The highest BCUT2D eigenvalue weighted by Gasteiger charge is 2.27. The van der Waals surface area contributed by atoms with E-state index in [0.717, 1.165) is 27.8 Å². The summed E-state index contributed by atoms with van der Waals surface area (Å²) in [5, 5.41) is 8.86. The van der Waals surface area contributed by atoms with Crippen LogP contribution in [0, 0.1) is 0 Å². The molecule has 2 unspecified atom stereocenters. The number of hydrogen-bond acceptors (Lipinski definition) is 7. The third kappa shape index (κ3) is 10.8. The summed E-state index contributed by atoms with van der Waals surface area (Å²) in [6.45, 7) is 1.92. The van der Waals surface area contributed by atoms with Gasteiger partial charge in [-0.05, 0) is 46.9 Å². The molecule has 0 saturated carbocycles. The molecule has 0 saturated heterocycles. The molecule has 0 spiro atoms. The molecule has 5 rings (SSSR count). The van der Waals surface area contributed by atoms with Crippen LogP contribution in [0.3, 0.4) is 0 Å². The van der Waals surface area contributed by atoms with Crippen molar-refractivity contribution < 1.29 is 19.1 Å². The number of benzene rings is 4. The molecule has 0 aliphatic carbocycles. The smallest absolute Gasteiger partial charge is 0.407 e. The number of carbonyl (C=O) groups is 3. The molecule has 2 amide bonds. The van der Waals surface area contributed by atoms with Gasteiger partial charge in [0.15, 0.2) is 0 Å². The van der Waals surface area contributed by atoms with Gasteiger partial charge < -0.3 is 20.7 Å². The molecule has 250 valence electrons. The summed E-state index contributed by atoms with van der Waals surface area (Å²) in [4.78, 5) is 43.6. The van der Waals surface area contributed by atoms with Crippen LogP contribution in [0.5, 0.6) is 0 Å². The van der Waals surface area contributed by atoms with E-state index in [9.17, 15) is 14.4 Å². The Balaban J connectivity index is 1.32. The average molecular weight is 673 g/mol. The average Bonchev–Trinajstić information content (AvgIpc) is 3.14. The lowest BCUT2D eigenvalue weighted by Crippen LogP contribution is -2.49. The van der Waals surface area contributed by atoms with Gasteiger partial charge >= 0.3 is 6.09 Å². The molecule has 5 aromatic rings. The molecule has 49 heavy (non-hydrogen) atoms. The predicted molar refractivity (Wildman–Crippen MR) is 196 cm³/mol. The SMILES string of the molecule is CC(=O)CC(NC(=O)C(CSC(c1ccccc1)c1ccccc1)NC(=O)OCCNc1ccccn1)c1ccc(-c2ccccc2)cc1. The number of ketones is 1. The molecule has 9 heteroatoms. The van der Waals surface area contributed by atoms with E-state index in [0.29, 0.717) is 12.4 Å². The number of Topliss-reactive ketones (excluding diaryl/α,β-unsaturated/α-hetero) is 1. The molecular formula is C40H40N4O4S. The van der Waals surface area contributed by atoms with E-state index < -0.39 is 24.1 Å². The second-order valence-electron chi connectivity index (χ2n) is 11.5. The number of aromatic nitrogens is 1. The van der Waals surface area contributed by atoms with Crippen LogP contribution in [0.4, 0.5) is 10.6 Å². The van der Waals surface area contributed by atoms with Gasteiger partial charge in [-0.3, -0.25) is 9.59 Å². The van der Waals surface area contributed by atoms with Gasteiger partial charge in [0.05, 0.1) is 17.8 Å². The fourth-order valence-electron chi connectivity index (χ4n) is 5.34. The zero-order valence-electron chi connectivity index (χ0n) is 27.3. The van der Waals surface area contributed by atoms with Crippen LogP contribution in [0.25, 0.3) is 11.1 Å². The van der Waals surface area contributed by atoms with E-state index in [4.69, 9.17) is 4.74 Å². The van der Waals surface area contributed by atoms with Crippen LogP contribution in [0.2, 0.25) is 0 Å². The number of nitrogens with zero attached hydrogens (tertiary/aromatic N) is 1. The molecular weight excluding hydrogens is 633 g/mol. The van der Waals surface area contributed by atoms with Crippen molar-refractivity contribution in [1.29, 1.82) is 0 Å². The van der Waals surface area contributed by atoms with E-state index in [-0.39, 0.29) is 29.8 Å². The minimum absolute atomic E-state index is 0.0654.